The Hall–Kier alpha value is -1.96. The second-order valence-electron chi connectivity index (χ2n) is 4.65. The fourth-order valence-electron chi connectivity index (χ4n) is 2.22. The van der Waals surface area contributed by atoms with Gasteiger partial charge in [0.15, 0.2) is 0 Å². The van der Waals surface area contributed by atoms with E-state index in [1.807, 2.05) is 0 Å². The molecule has 1 aromatic heterocycles. The number of carbonyl (C=O) groups is 1. The highest BCUT2D eigenvalue weighted by molar-refractivity contribution is 5.76. The fourth-order valence-corrected chi connectivity index (χ4v) is 2.22. The summed E-state index contributed by atoms with van der Waals surface area (Å²) < 4.78 is 1.21. The van der Waals surface area contributed by atoms with Gasteiger partial charge in [-0.1, -0.05) is 12.8 Å². The molecule has 1 aromatic rings. The number of hydrogen-bond acceptors (Lipinski definition) is 5. The van der Waals surface area contributed by atoms with Gasteiger partial charge in [-0.3, -0.25) is 4.79 Å². The van der Waals surface area contributed by atoms with E-state index in [0.717, 1.165) is 19.3 Å². The number of carbonyl (C=O) groups excluding carboxylic acids is 1. The molecule has 0 bridgehead atoms. The molecular formula is C11H16N4O4. The van der Waals surface area contributed by atoms with Gasteiger partial charge in [-0.05, 0) is 17.8 Å². The lowest BCUT2D eigenvalue weighted by atomic mass is 9.92. The monoisotopic (exact) mass is 268 g/mol. The zero-order chi connectivity index (χ0) is 13.8. The van der Waals surface area contributed by atoms with Crippen molar-refractivity contribution >= 4 is 11.7 Å². The van der Waals surface area contributed by atoms with Gasteiger partial charge in [0.25, 0.3) is 0 Å². The Balaban J connectivity index is 1.87. The van der Waals surface area contributed by atoms with Gasteiger partial charge in [0.1, 0.15) is 6.54 Å². The van der Waals surface area contributed by atoms with Crippen LogP contribution in [0.5, 0.6) is 0 Å². The van der Waals surface area contributed by atoms with Crippen molar-refractivity contribution in [3.63, 3.8) is 0 Å². The molecule has 1 saturated carbocycles. The van der Waals surface area contributed by atoms with E-state index in [2.05, 4.69) is 10.4 Å². The van der Waals surface area contributed by atoms with Crippen molar-refractivity contribution < 1.29 is 14.8 Å². The molecule has 0 unspecified atom stereocenters. The lowest BCUT2D eigenvalue weighted by Gasteiger charge is -2.28. The Morgan fingerprint density at radius 2 is 2.32 bits per heavy atom. The van der Waals surface area contributed by atoms with E-state index in [1.165, 1.54) is 16.9 Å². The number of aromatic nitrogens is 2. The van der Waals surface area contributed by atoms with Crippen LogP contribution in [0.15, 0.2) is 12.3 Å². The lowest BCUT2D eigenvalue weighted by molar-refractivity contribution is -0.389. The molecule has 104 valence electrons. The van der Waals surface area contributed by atoms with Crippen LogP contribution < -0.4 is 5.32 Å². The molecule has 8 heteroatoms. The van der Waals surface area contributed by atoms with Crippen molar-refractivity contribution in [3.8, 4) is 0 Å². The quantitative estimate of drug-likeness (QED) is 0.599. The molecule has 19 heavy (non-hydrogen) atoms. The van der Waals surface area contributed by atoms with Crippen molar-refractivity contribution in [2.24, 2.45) is 0 Å². The van der Waals surface area contributed by atoms with Gasteiger partial charge in [-0.15, -0.1) is 0 Å². The first-order chi connectivity index (χ1) is 9.06. The molecule has 1 heterocycles. The van der Waals surface area contributed by atoms with Crippen LogP contribution in [-0.4, -0.2) is 37.9 Å². The van der Waals surface area contributed by atoms with Crippen molar-refractivity contribution in [2.75, 3.05) is 0 Å². The average molecular weight is 268 g/mol. The molecule has 0 saturated heterocycles. The number of amides is 1. The third-order valence-electron chi connectivity index (χ3n) is 3.20. The molecule has 2 rings (SSSR count). The first-order valence-electron chi connectivity index (χ1n) is 6.21. The maximum Gasteiger partial charge on any atom is 0.389 e. The first-order valence-corrected chi connectivity index (χ1v) is 6.21. The minimum Gasteiger partial charge on any atom is -0.391 e. The summed E-state index contributed by atoms with van der Waals surface area (Å²) in [5.74, 6) is -0.588. The number of hydrogen-bond donors (Lipinski definition) is 2. The van der Waals surface area contributed by atoms with E-state index in [1.54, 1.807) is 0 Å². The largest absolute Gasteiger partial charge is 0.391 e. The topological polar surface area (TPSA) is 110 Å². The Bertz CT molecular complexity index is 473. The van der Waals surface area contributed by atoms with Crippen molar-refractivity contribution in [2.45, 2.75) is 44.4 Å². The number of nitro groups is 1. The van der Waals surface area contributed by atoms with Gasteiger partial charge in [0, 0.05) is 0 Å². The van der Waals surface area contributed by atoms with Gasteiger partial charge in [0.05, 0.1) is 29.5 Å². The molecule has 1 aliphatic carbocycles. The smallest absolute Gasteiger partial charge is 0.389 e. The van der Waals surface area contributed by atoms with E-state index in [4.69, 9.17) is 0 Å². The van der Waals surface area contributed by atoms with E-state index in [9.17, 15) is 20.0 Å². The molecule has 2 atom stereocenters. The van der Waals surface area contributed by atoms with Crippen LogP contribution >= 0.6 is 0 Å². The maximum atomic E-state index is 11.8. The molecule has 8 nitrogen and oxygen atoms in total. The fraction of sp³-hybridized carbons (Fsp3) is 0.636. The predicted octanol–water partition coefficient (Wildman–Crippen LogP) is 0.211. The SMILES string of the molecule is O=C(Cn1ccc([N+](=O)[O-])n1)N[C@H]1CCCC[C@@H]1O. The zero-order valence-electron chi connectivity index (χ0n) is 10.4. The summed E-state index contributed by atoms with van der Waals surface area (Å²) >= 11 is 0. The van der Waals surface area contributed by atoms with Gasteiger partial charge >= 0.3 is 5.82 Å². The number of nitrogens with one attached hydrogen (secondary N) is 1. The molecule has 1 amide bonds. The van der Waals surface area contributed by atoms with Gasteiger partial charge < -0.3 is 20.5 Å². The standard InChI is InChI=1S/C11H16N4O4/c16-9-4-2-1-3-8(9)12-11(17)7-14-6-5-10(13-14)15(18)19/h5-6,8-9,16H,1-4,7H2,(H,12,17)/t8-,9-/m0/s1. The zero-order valence-corrected chi connectivity index (χ0v) is 10.4. The first kappa shape index (κ1) is 13.5. The molecular weight excluding hydrogens is 252 g/mol. The molecule has 0 radical (unpaired) electrons. The minimum absolute atomic E-state index is 0.0863. The highest BCUT2D eigenvalue weighted by Crippen LogP contribution is 2.18. The average Bonchev–Trinajstić information content (AvgIpc) is 2.80. The van der Waals surface area contributed by atoms with E-state index >= 15 is 0 Å². The normalized spacial score (nSPS) is 23.0. The van der Waals surface area contributed by atoms with E-state index < -0.39 is 11.0 Å². The van der Waals surface area contributed by atoms with Crippen LogP contribution in [0, 0.1) is 10.1 Å². The summed E-state index contributed by atoms with van der Waals surface area (Å²) in [4.78, 5) is 21.6. The van der Waals surface area contributed by atoms with Crippen LogP contribution in [-0.2, 0) is 11.3 Å². The second-order valence-corrected chi connectivity index (χ2v) is 4.65. The van der Waals surface area contributed by atoms with E-state index in [-0.39, 0.29) is 24.3 Å². The van der Waals surface area contributed by atoms with Crippen molar-refractivity contribution in [1.82, 2.24) is 15.1 Å². The van der Waals surface area contributed by atoms with Gasteiger partial charge in [0.2, 0.25) is 5.91 Å². The second kappa shape index (κ2) is 5.79. The molecule has 0 spiro atoms. The Kier molecular flexibility index (Phi) is 4.10. The Morgan fingerprint density at radius 3 is 2.95 bits per heavy atom. The summed E-state index contributed by atoms with van der Waals surface area (Å²) in [7, 11) is 0. The lowest BCUT2D eigenvalue weighted by Crippen LogP contribution is -2.46. The molecule has 0 aromatic carbocycles. The predicted molar refractivity (Wildman–Crippen MR) is 65.3 cm³/mol. The summed E-state index contributed by atoms with van der Waals surface area (Å²) in [6.45, 7) is -0.0863. The summed E-state index contributed by atoms with van der Waals surface area (Å²) in [6.07, 6.45) is 4.28. The van der Waals surface area contributed by atoms with Crippen molar-refractivity contribution in [1.29, 1.82) is 0 Å². The third kappa shape index (κ3) is 3.50. The Morgan fingerprint density at radius 1 is 1.58 bits per heavy atom. The maximum absolute atomic E-state index is 11.8. The minimum atomic E-state index is -0.612. The highest BCUT2D eigenvalue weighted by Gasteiger charge is 2.25. The number of rotatable bonds is 4. The summed E-state index contributed by atoms with van der Waals surface area (Å²) in [5.41, 5.74) is 0. The number of aliphatic hydroxyl groups is 1. The summed E-state index contributed by atoms with van der Waals surface area (Å²) in [6, 6.07) is 1.01. The number of nitrogens with zero attached hydrogens (tertiary/aromatic N) is 3. The third-order valence-corrected chi connectivity index (χ3v) is 3.20. The molecule has 2 N–H and O–H groups in total. The van der Waals surface area contributed by atoms with Crippen LogP contribution in [0.1, 0.15) is 25.7 Å². The van der Waals surface area contributed by atoms with Crippen LogP contribution in [0.3, 0.4) is 0 Å². The van der Waals surface area contributed by atoms with Crippen LogP contribution in [0.4, 0.5) is 5.82 Å². The van der Waals surface area contributed by atoms with Crippen LogP contribution in [0.25, 0.3) is 0 Å². The molecule has 1 fully saturated rings. The number of aliphatic hydroxyl groups excluding tert-OH is 1. The van der Waals surface area contributed by atoms with Gasteiger partial charge in [-0.2, -0.15) is 4.68 Å². The van der Waals surface area contributed by atoms with Crippen molar-refractivity contribution in [3.05, 3.63) is 22.4 Å². The summed E-state index contributed by atoms with van der Waals surface area (Å²) in [5, 5.41) is 26.6. The molecule has 1 aliphatic rings. The van der Waals surface area contributed by atoms with Crippen LogP contribution in [0.2, 0.25) is 0 Å². The molecule has 0 aliphatic heterocycles. The highest BCUT2D eigenvalue weighted by atomic mass is 16.6. The van der Waals surface area contributed by atoms with E-state index in [0.29, 0.717) is 6.42 Å². The Labute approximate surface area is 109 Å². The van der Waals surface area contributed by atoms with Gasteiger partial charge in [-0.25, -0.2) is 0 Å².